The average Bonchev–Trinajstić information content (AvgIpc) is 2.26. The Hall–Kier alpha value is -0.506. The van der Waals surface area contributed by atoms with Crippen molar-refractivity contribution >= 4 is 16.9 Å². The van der Waals surface area contributed by atoms with E-state index in [0.29, 0.717) is 0 Å². The lowest BCUT2D eigenvalue weighted by atomic mass is 9.93. The van der Waals surface area contributed by atoms with Crippen molar-refractivity contribution in [2.24, 2.45) is 0 Å². The number of hydrogen-bond donors (Lipinski definition) is 2. The van der Waals surface area contributed by atoms with Gasteiger partial charge in [0.25, 0.3) is 0 Å². The van der Waals surface area contributed by atoms with Crippen LogP contribution in [0.25, 0.3) is 0 Å². The van der Waals surface area contributed by atoms with Gasteiger partial charge in [-0.3, -0.25) is 0 Å². The van der Waals surface area contributed by atoms with Crippen molar-refractivity contribution in [1.82, 2.24) is 0 Å². The van der Waals surface area contributed by atoms with Crippen LogP contribution in [0.15, 0.2) is 30.3 Å². The number of ether oxygens (including phenoxy) is 1. The van der Waals surface area contributed by atoms with Gasteiger partial charge in [0.05, 0.1) is 5.60 Å². The highest BCUT2D eigenvalue weighted by atomic mass is 28.4. The first-order chi connectivity index (χ1) is 9.37. The second-order valence-corrected chi connectivity index (χ2v) is 13.8. The van der Waals surface area contributed by atoms with Crippen LogP contribution < -0.4 is 0 Å². The van der Waals surface area contributed by atoms with Crippen LogP contribution in [0.3, 0.4) is 0 Å². The molecule has 0 amide bonds. The Morgan fingerprint density at radius 1 is 0.952 bits per heavy atom. The van der Waals surface area contributed by atoms with E-state index in [1.54, 1.807) is 20.2 Å². The first-order valence-electron chi connectivity index (χ1n) is 7.13. The molecule has 1 unspecified atom stereocenters. The minimum absolute atomic E-state index is 0.863. The second-order valence-electron chi connectivity index (χ2n) is 6.87. The third-order valence-corrected chi connectivity index (χ3v) is 7.53. The molecule has 0 bridgehead atoms. The molecule has 0 heterocycles. The summed E-state index contributed by atoms with van der Waals surface area (Å²) in [6.07, 6.45) is 0. The van der Waals surface area contributed by atoms with Gasteiger partial charge in [-0.2, -0.15) is 0 Å². The average molecular weight is 329 g/mol. The summed E-state index contributed by atoms with van der Waals surface area (Å²) < 4.78 is 11.9. The maximum Gasteiger partial charge on any atom is 0.329 e. The normalized spacial score (nSPS) is 16.6. The summed E-state index contributed by atoms with van der Waals surface area (Å²) in [5.74, 6) is 0. The lowest BCUT2D eigenvalue weighted by molar-refractivity contribution is -0.115. The standard InChI is InChI=1S/C15H28O4Si2/c1-14(2,19-21(6,7)17)15(18-3,20(4,5)16)13-11-9-8-10-12-13/h8-12,16-17H,1-7H3. The van der Waals surface area contributed by atoms with Crippen molar-refractivity contribution < 1.29 is 18.8 Å². The summed E-state index contributed by atoms with van der Waals surface area (Å²) in [5, 5.41) is -0.978. The minimum Gasteiger partial charge on any atom is -0.429 e. The van der Waals surface area contributed by atoms with Gasteiger partial charge in [-0.25, -0.2) is 0 Å². The third-order valence-electron chi connectivity index (χ3n) is 3.70. The predicted octanol–water partition coefficient (Wildman–Crippen LogP) is 2.75. The molecule has 2 N–H and O–H groups in total. The van der Waals surface area contributed by atoms with Crippen LogP contribution in [-0.2, 0) is 14.4 Å². The summed E-state index contributed by atoms with van der Waals surface area (Å²) >= 11 is 0. The van der Waals surface area contributed by atoms with E-state index in [0.717, 1.165) is 5.56 Å². The molecule has 0 aliphatic heterocycles. The Morgan fingerprint density at radius 2 is 1.43 bits per heavy atom. The van der Waals surface area contributed by atoms with Crippen molar-refractivity contribution in [1.29, 1.82) is 0 Å². The smallest absolute Gasteiger partial charge is 0.329 e. The molecule has 0 aliphatic rings. The molecule has 0 aromatic heterocycles. The van der Waals surface area contributed by atoms with Gasteiger partial charge in [0.2, 0.25) is 8.32 Å². The molecule has 0 spiro atoms. The molecule has 4 nitrogen and oxygen atoms in total. The molecule has 0 aliphatic carbocycles. The Labute approximate surface area is 130 Å². The van der Waals surface area contributed by atoms with Gasteiger partial charge >= 0.3 is 8.56 Å². The van der Waals surface area contributed by atoms with Gasteiger partial charge < -0.3 is 18.8 Å². The van der Waals surface area contributed by atoms with Crippen LogP contribution in [0.1, 0.15) is 19.4 Å². The predicted molar refractivity (Wildman–Crippen MR) is 89.7 cm³/mol. The van der Waals surface area contributed by atoms with E-state index in [1.165, 1.54) is 0 Å². The Morgan fingerprint density at radius 3 is 1.76 bits per heavy atom. The fourth-order valence-electron chi connectivity index (χ4n) is 3.42. The first-order valence-corrected chi connectivity index (χ1v) is 12.9. The molecule has 21 heavy (non-hydrogen) atoms. The SMILES string of the molecule is COC(c1ccccc1)(C(C)(C)O[Si](C)(C)O)[Si](C)(C)O. The van der Waals surface area contributed by atoms with E-state index in [1.807, 2.05) is 57.3 Å². The maximum absolute atomic E-state index is 11.0. The van der Waals surface area contributed by atoms with Crippen LogP contribution in [0.5, 0.6) is 0 Å². The molecule has 1 aromatic carbocycles. The van der Waals surface area contributed by atoms with E-state index >= 15 is 0 Å². The van der Waals surface area contributed by atoms with Crippen molar-refractivity contribution in [3.8, 4) is 0 Å². The van der Waals surface area contributed by atoms with Crippen LogP contribution in [0.4, 0.5) is 0 Å². The Balaban J connectivity index is 3.53. The molecule has 1 atom stereocenters. The van der Waals surface area contributed by atoms with Crippen LogP contribution >= 0.6 is 0 Å². The van der Waals surface area contributed by atoms with Crippen LogP contribution in [0.2, 0.25) is 26.2 Å². The van der Waals surface area contributed by atoms with Crippen molar-refractivity contribution in [2.45, 2.75) is 50.9 Å². The summed E-state index contributed by atoms with van der Waals surface area (Å²) in [7, 11) is -4.06. The monoisotopic (exact) mass is 328 g/mol. The fraction of sp³-hybridized carbons (Fsp3) is 0.600. The fourth-order valence-corrected chi connectivity index (χ4v) is 7.81. The van der Waals surface area contributed by atoms with Gasteiger partial charge in [0.1, 0.15) is 5.22 Å². The molecule has 0 fully saturated rings. The van der Waals surface area contributed by atoms with E-state index in [9.17, 15) is 9.59 Å². The van der Waals surface area contributed by atoms with Gasteiger partial charge in [0, 0.05) is 7.11 Å². The van der Waals surface area contributed by atoms with Crippen molar-refractivity contribution in [3.63, 3.8) is 0 Å². The molecular weight excluding hydrogens is 300 g/mol. The highest BCUT2D eigenvalue weighted by molar-refractivity contribution is 6.73. The van der Waals surface area contributed by atoms with E-state index in [2.05, 4.69) is 0 Å². The largest absolute Gasteiger partial charge is 0.429 e. The molecule has 1 aromatic rings. The van der Waals surface area contributed by atoms with Gasteiger partial charge in [-0.05, 0) is 45.6 Å². The van der Waals surface area contributed by atoms with E-state index in [-0.39, 0.29) is 0 Å². The van der Waals surface area contributed by atoms with Gasteiger partial charge in [-0.1, -0.05) is 30.3 Å². The third kappa shape index (κ3) is 3.64. The quantitative estimate of drug-likeness (QED) is 0.788. The maximum atomic E-state index is 11.0. The lowest BCUT2D eigenvalue weighted by Gasteiger charge is -2.52. The van der Waals surface area contributed by atoms with E-state index in [4.69, 9.17) is 9.16 Å². The Kier molecular flexibility index (Phi) is 5.25. The molecule has 6 heteroatoms. The summed E-state index contributed by atoms with van der Waals surface area (Å²) in [5.41, 5.74) is 0.00725. The zero-order chi connectivity index (χ0) is 16.5. The highest BCUT2D eigenvalue weighted by Gasteiger charge is 2.60. The lowest BCUT2D eigenvalue weighted by Crippen LogP contribution is -2.67. The van der Waals surface area contributed by atoms with Crippen LogP contribution in [-0.4, -0.2) is 39.2 Å². The first kappa shape index (κ1) is 18.5. The highest BCUT2D eigenvalue weighted by Crippen LogP contribution is 2.45. The van der Waals surface area contributed by atoms with Crippen molar-refractivity contribution in [3.05, 3.63) is 35.9 Å². The number of methoxy groups -OCH3 is 1. The Bertz CT molecular complexity index is 463. The van der Waals surface area contributed by atoms with E-state index < -0.39 is 27.7 Å². The molecular formula is C15H28O4Si2. The summed E-state index contributed by atoms with van der Waals surface area (Å²) in [4.78, 5) is 21.2. The molecule has 0 saturated carbocycles. The van der Waals surface area contributed by atoms with Crippen molar-refractivity contribution in [2.75, 3.05) is 7.11 Å². The zero-order valence-electron chi connectivity index (χ0n) is 14.1. The molecule has 120 valence electrons. The minimum atomic E-state index is -2.85. The zero-order valence-corrected chi connectivity index (χ0v) is 16.1. The topological polar surface area (TPSA) is 58.9 Å². The van der Waals surface area contributed by atoms with Gasteiger partial charge in [0.15, 0.2) is 0 Å². The molecule has 0 saturated heterocycles. The van der Waals surface area contributed by atoms with Crippen LogP contribution in [0, 0.1) is 0 Å². The van der Waals surface area contributed by atoms with Gasteiger partial charge in [-0.15, -0.1) is 0 Å². The second kappa shape index (κ2) is 5.94. The number of benzene rings is 1. The summed E-state index contributed by atoms with van der Waals surface area (Å²) in [6.45, 7) is 10.8. The number of rotatable bonds is 6. The summed E-state index contributed by atoms with van der Waals surface area (Å²) in [6, 6.07) is 9.63. The molecule has 0 radical (unpaired) electrons. The molecule has 1 rings (SSSR count). The number of hydrogen-bond acceptors (Lipinski definition) is 4.